The van der Waals surface area contributed by atoms with E-state index < -0.39 is 0 Å². The van der Waals surface area contributed by atoms with Crippen molar-refractivity contribution in [1.82, 2.24) is 20.4 Å². The van der Waals surface area contributed by atoms with Crippen LogP contribution in [0.2, 0.25) is 0 Å². The van der Waals surface area contributed by atoms with Crippen LogP contribution in [0.15, 0.2) is 22.9 Å². The average Bonchev–Trinajstić information content (AvgIpc) is 2.87. The molecule has 0 unspecified atom stereocenters. The maximum absolute atomic E-state index is 5.09. The number of aromatic nitrogens is 3. The molecular weight excluding hydrogens is 192 g/mol. The minimum Gasteiger partial charge on any atom is -0.359 e. The molecule has 0 spiro atoms. The highest BCUT2D eigenvalue weighted by atomic mass is 16.5. The van der Waals surface area contributed by atoms with E-state index in [1.54, 1.807) is 0 Å². The highest BCUT2D eigenvalue weighted by Crippen LogP contribution is 2.12. The van der Waals surface area contributed by atoms with Gasteiger partial charge >= 0.3 is 0 Å². The van der Waals surface area contributed by atoms with Crippen molar-refractivity contribution in [1.29, 1.82) is 0 Å². The van der Waals surface area contributed by atoms with Crippen LogP contribution in [0.5, 0.6) is 0 Å². The molecule has 2 heterocycles. The summed E-state index contributed by atoms with van der Waals surface area (Å²) in [6, 6.07) is 3.81. The Balaban J connectivity index is 1.98. The molecule has 0 aliphatic heterocycles. The van der Waals surface area contributed by atoms with Gasteiger partial charge in [-0.25, -0.2) is 0 Å². The van der Waals surface area contributed by atoms with Crippen molar-refractivity contribution in [3.8, 4) is 11.5 Å². The Morgan fingerprint density at radius 2 is 2.47 bits per heavy atom. The van der Waals surface area contributed by atoms with Crippen LogP contribution < -0.4 is 5.32 Å². The van der Waals surface area contributed by atoms with Gasteiger partial charge in [-0.05, 0) is 25.1 Å². The van der Waals surface area contributed by atoms with Gasteiger partial charge in [-0.1, -0.05) is 12.1 Å². The van der Waals surface area contributed by atoms with E-state index in [-0.39, 0.29) is 0 Å². The fraction of sp³-hybridized carbons (Fsp3) is 0.400. The van der Waals surface area contributed by atoms with Gasteiger partial charge in [0.05, 0.1) is 12.2 Å². The topological polar surface area (TPSA) is 66.7 Å². The van der Waals surface area contributed by atoms with Gasteiger partial charge in [-0.2, -0.15) is 4.98 Å². The van der Waals surface area contributed by atoms with E-state index in [2.05, 4.69) is 27.4 Å². The Morgan fingerprint density at radius 3 is 3.20 bits per heavy atom. The summed E-state index contributed by atoms with van der Waals surface area (Å²) in [6.45, 7) is 3.70. The molecule has 0 bridgehead atoms. The number of nitrogens with one attached hydrogen (secondary N) is 2. The Kier molecular flexibility index (Phi) is 3.14. The largest absolute Gasteiger partial charge is 0.359 e. The molecule has 0 amide bonds. The van der Waals surface area contributed by atoms with E-state index >= 15 is 0 Å². The molecule has 0 aliphatic rings. The Morgan fingerprint density at radius 1 is 1.53 bits per heavy atom. The molecule has 0 saturated carbocycles. The monoisotopic (exact) mass is 206 g/mol. The number of H-pyrrole nitrogens is 1. The molecule has 0 fully saturated rings. The van der Waals surface area contributed by atoms with Gasteiger partial charge in [-0.3, -0.25) is 0 Å². The van der Waals surface area contributed by atoms with Crippen molar-refractivity contribution in [3.63, 3.8) is 0 Å². The molecule has 5 heteroatoms. The first-order valence-electron chi connectivity index (χ1n) is 5.07. The molecule has 0 aromatic carbocycles. The number of nitrogens with zero attached hydrogens (tertiary/aromatic N) is 2. The molecule has 0 aliphatic carbocycles. The van der Waals surface area contributed by atoms with Crippen molar-refractivity contribution in [2.75, 3.05) is 6.54 Å². The maximum atomic E-state index is 5.09. The Labute approximate surface area is 87.9 Å². The van der Waals surface area contributed by atoms with Crippen LogP contribution >= 0.6 is 0 Å². The summed E-state index contributed by atoms with van der Waals surface area (Å²) in [5, 5.41) is 7.08. The Bertz CT molecular complexity index is 393. The van der Waals surface area contributed by atoms with E-state index in [0.29, 0.717) is 18.3 Å². The zero-order valence-corrected chi connectivity index (χ0v) is 8.66. The average molecular weight is 206 g/mol. The zero-order chi connectivity index (χ0) is 10.5. The summed E-state index contributed by atoms with van der Waals surface area (Å²) < 4.78 is 5.09. The molecule has 0 radical (unpaired) electrons. The van der Waals surface area contributed by atoms with Crippen LogP contribution in [0, 0.1) is 0 Å². The predicted molar refractivity (Wildman–Crippen MR) is 56.1 cm³/mol. The highest BCUT2D eigenvalue weighted by molar-refractivity contribution is 5.47. The maximum Gasteiger partial charge on any atom is 0.240 e. The summed E-state index contributed by atoms with van der Waals surface area (Å²) in [4.78, 5) is 7.28. The first kappa shape index (κ1) is 9.92. The minimum absolute atomic E-state index is 0.605. The molecule has 0 atom stereocenters. The first-order chi connectivity index (χ1) is 7.40. The van der Waals surface area contributed by atoms with Crippen LogP contribution in [-0.2, 0) is 6.54 Å². The second-order valence-electron chi connectivity index (χ2n) is 3.27. The third kappa shape index (κ3) is 2.44. The third-order valence-electron chi connectivity index (χ3n) is 2.01. The van der Waals surface area contributed by atoms with Crippen molar-refractivity contribution in [2.24, 2.45) is 0 Å². The SMILES string of the molecule is CCCNCc1nc(-c2ccc[nH]2)no1. The van der Waals surface area contributed by atoms with E-state index in [9.17, 15) is 0 Å². The van der Waals surface area contributed by atoms with Crippen LogP contribution in [0.4, 0.5) is 0 Å². The first-order valence-corrected chi connectivity index (χ1v) is 5.07. The van der Waals surface area contributed by atoms with Crippen LogP contribution in [0.1, 0.15) is 19.2 Å². The van der Waals surface area contributed by atoms with Crippen molar-refractivity contribution in [2.45, 2.75) is 19.9 Å². The fourth-order valence-electron chi connectivity index (χ4n) is 1.28. The lowest BCUT2D eigenvalue weighted by Crippen LogP contribution is -2.13. The summed E-state index contributed by atoms with van der Waals surface area (Å²) >= 11 is 0. The van der Waals surface area contributed by atoms with Gasteiger partial charge in [-0.15, -0.1) is 0 Å². The standard InChI is InChI=1S/C10H14N4O/c1-2-5-11-7-9-13-10(14-15-9)8-4-3-6-12-8/h3-4,6,11-12H,2,5,7H2,1H3. The number of rotatable bonds is 5. The fourth-order valence-corrected chi connectivity index (χ4v) is 1.28. The lowest BCUT2D eigenvalue weighted by Gasteiger charge is -1.95. The molecular formula is C10H14N4O. The lowest BCUT2D eigenvalue weighted by molar-refractivity contribution is 0.368. The summed E-state index contributed by atoms with van der Waals surface area (Å²) in [7, 11) is 0. The van der Waals surface area contributed by atoms with E-state index in [1.165, 1.54) is 0 Å². The van der Waals surface area contributed by atoms with Gasteiger partial charge in [0.25, 0.3) is 0 Å². The number of aromatic amines is 1. The summed E-state index contributed by atoms with van der Waals surface area (Å²) in [5.74, 6) is 1.22. The Hall–Kier alpha value is -1.62. The van der Waals surface area contributed by atoms with E-state index in [4.69, 9.17) is 4.52 Å². The second kappa shape index (κ2) is 4.75. The quantitative estimate of drug-likeness (QED) is 0.728. The molecule has 2 rings (SSSR count). The molecule has 80 valence electrons. The van der Waals surface area contributed by atoms with Crippen LogP contribution in [0.3, 0.4) is 0 Å². The van der Waals surface area contributed by atoms with Gasteiger partial charge in [0.15, 0.2) is 0 Å². The molecule has 2 aromatic heterocycles. The second-order valence-corrected chi connectivity index (χ2v) is 3.27. The third-order valence-corrected chi connectivity index (χ3v) is 2.01. The van der Waals surface area contributed by atoms with Crippen LogP contribution in [0.25, 0.3) is 11.5 Å². The minimum atomic E-state index is 0.605. The predicted octanol–water partition coefficient (Wildman–Crippen LogP) is 1.56. The highest BCUT2D eigenvalue weighted by Gasteiger charge is 2.07. The lowest BCUT2D eigenvalue weighted by atomic mass is 10.4. The number of hydrogen-bond donors (Lipinski definition) is 2. The normalized spacial score (nSPS) is 10.7. The molecule has 5 nitrogen and oxygen atoms in total. The molecule has 15 heavy (non-hydrogen) atoms. The molecule has 2 N–H and O–H groups in total. The van der Waals surface area contributed by atoms with E-state index in [1.807, 2.05) is 18.3 Å². The van der Waals surface area contributed by atoms with Gasteiger partial charge in [0.1, 0.15) is 0 Å². The van der Waals surface area contributed by atoms with Gasteiger partial charge in [0, 0.05) is 6.20 Å². The molecule has 0 saturated heterocycles. The van der Waals surface area contributed by atoms with Crippen LogP contribution in [-0.4, -0.2) is 21.7 Å². The van der Waals surface area contributed by atoms with Crippen molar-refractivity contribution in [3.05, 3.63) is 24.2 Å². The summed E-state index contributed by atoms with van der Waals surface area (Å²) in [5.41, 5.74) is 0.875. The van der Waals surface area contributed by atoms with Crippen molar-refractivity contribution >= 4 is 0 Å². The number of hydrogen-bond acceptors (Lipinski definition) is 4. The summed E-state index contributed by atoms with van der Waals surface area (Å²) in [6.07, 6.45) is 2.93. The zero-order valence-electron chi connectivity index (χ0n) is 8.66. The van der Waals surface area contributed by atoms with Gasteiger partial charge < -0.3 is 14.8 Å². The molecule has 2 aromatic rings. The van der Waals surface area contributed by atoms with Gasteiger partial charge in [0.2, 0.25) is 11.7 Å². The van der Waals surface area contributed by atoms with E-state index in [0.717, 1.165) is 18.7 Å². The van der Waals surface area contributed by atoms with Crippen molar-refractivity contribution < 1.29 is 4.52 Å². The smallest absolute Gasteiger partial charge is 0.240 e.